The molecule has 0 aliphatic carbocycles. The van der Waals surface area contributed by atoms with E-state index >= 15 is 0 Å². The van der Waals surface area contributed by atoms with Gasteiger partial charge in [0.25, 0.3) is 5.91 Å². The van der Waals surface area contributed by atoms with Crippen LogP contribution in [0.1, 0.15) is 15.9 Å². The van der Waals surface area contributed by atoms with E-state index in [1.165, 1.54) is 5.56 Å². The molecule has 3 atom stereocenters. The van der Waals surface area contributed by atoms with Gasteiger partial charge in [0.1, 0.15) is 5.82 Å². The van der Waals surface area contributed by atoms with Crippen molar-refractivity contribution in [3.63, 3.8) is 0 Å². The van der Waals surface area contributed by atoms with Crippen LogP contribution in [0.5, 0.6) is 0 Å². The molecule has 2 N–H and O–H groups in total. The first-order valence-electron chi connectivity index (χ1n) is 10.1. The number of rotatable bonds is 4. The number of nitrogens with one attached hydrogen (secondary N) is 2. The van der Waals surface area contributed by atoms with Crippen molar-refractivity contribution in [2.75, 3.05) is 51.6 Å². The number of hydrogen-bond donors (Lipinski definition) is 2. The summed E-state index contributed by atoms with van der Waals surface area (Å²) in [4.78, 5) is 22.6. The van der Waals surface area contributed by atoms with Gasteiger partial charge in [-0.2, -0.15) is 0 Å². The van der Waals surface area contributed by atoms with Crippen LogP contribution in [0.25, 0.3) is 0 Å². The minimum absolute atomic E-state index is 0.00430. The summed E-state index contributed by atoms with van der Waals surface area (Å²) in [7, 11) is 1.82. The van der Waals surface area contributed by atoms with Crippen LogP contribution in [0.4, 0.5) is 5.82 Å². The molecule has 1 aromatic carbocycles. The third-order valence-electron chi connectivity index (χ3n) is 6.71. The average molecular weight is 377 g/mol. The predicted octanol–water partition coefficient (Wildman–Crippen LogP) is 1.42. The summed E-state index contributed by atoms with van der Waals surface area (Å²) >= 11 is 0. The topological polar surface area (TPSA) is 60.5 Å². The van der Waals surface area contributed by atoms with Crippen LogP contribution in [-0.4, -0.2) is 73.0 Å². The van der Waals surface area contributed by atoms with Gasteiger partial charge in [-0.25, -0.2) is 4.98 Å². The van der Waals surface area contributed by atoms with Crippen LogP contribution in [0, 0.1) is 5.92 Å². The van der Waals surface area contributed by atoms with Crippen LogP contribution in [0.15, 0.2) is 48.7 Å². The minimum atomic E-state index is -0.0621. The number of nitrogens with zero attached hydrogens (tertiary/aromatic N) is 3. The molecule has 0 spiro atoms. The first-order valence-corrected chi connectivity index (χ1v) is 10.1. The van der Waals surface area contributed by atoms with E-state index in [2.05, 4.69) is 55.7 Å². The number of hydrogen-bond acceptors (Lipinski definition) is 5. The summed E-state index contributed by atoms with van der Waals surface area (Å²) in [5, 5.41) is 6.46. The summed E-state index contributed by atoms with van der Waals surface area (Å²) in [5.74, 6) is 1.15. The number of benzene rings is 1. The zero-order valence-corrected chi connectivity index (χ0v) is 16.3. The Morgan fingerprint density at radius 2 is 1.82 bits per heavy atom. The summed E-state index contributed by atoms with van der Waals surface area (Å²) in [5.41, 5.74) is 1.94. The summed E-state index contributed by atoms with van der Waals surface area (Å²) in [6.07, 6.45) is 1.69. The number of carbonyl (C=O) groups is 1. The largest absolute Gasteiger partial charge is 0.373 e. The fraction of sp³-hybridized carbons (Fsp3) is 0.455. The number of fused-ring (bicyclic) bond motifs is 1. The zero-order valence-electron chi connectivity index (χ0n) is 16.3. The fourth-order valence-electron chi connectivity index (χ4n) is 5.50. The maximum atomic E-state index is 13.2. The Morgan fingerprint density at radius 3 is 2.50 bits per heavy atom. The quantitative estimate of drug-likeness (QED) is 0.844. The zero-order chi connectivity index (χ0) is 19.1. The highest BCUT2D eigenvalue weighted by Crippen LogP contribution is 2.43. The van der Waals surface area contributed by atoms with Gasteiger partial charge in [-0.05, 0) is 17.7 Å². The molecular formula is C22H27N5O. The number of amides is 1. The fourth-order valence-corrected chi connectivity index (χ4v) is 5.50. The molecule has 4 saturated heterocycles. The van der Waals surface area contributed by atoms with Gasteiger partial charge in [0, 0.05) is 75.5 Å². The lowest BCUT2D eigenvalue weighted by atomic mass is 9.64. The van der Waals surface area contributed by atoms with Crippen molar-refractivity contribution in [2.24, 2.45) is 5.92 Å². The van der Waals surface area contributed by atoms with Crippen LogP contribution >= 0.6 is 0 Å². The van der Waals surface area contributed by atoms with Crippen LogP contribution in [0.2, 0.25) is 0 Å². The lowest BCUT2D eigenvalue weighted by Crippen LogP contribution is -2.70. The molecule has 5 heterocycles. The smallest absolute Gasteiger partial charge is 0.251 e. The molecule has 0 radical (unpaired) electrons. The maximum absolute atomic E-state index is 13.2. The van der Waals surface area contributed by atoms with E-state index < -0.39 is 0 Å². The summed E-state index contributed by atoms with van der Waals surface area (Å²) in [6.45, 7) is 6.39. The molecule has 2 unspecified atom stereocenters. The van der Waals surface area contributed by atoms with Crippen molar-refractivity contribution in [3.8, 4) is 0 Å². The Labute approximate surface area is 165 Å². The third kappa shape index (κ3) is 2.88. The molecule has 4 fully saturated rings. The molecule has 1 amide bonds. The number of aromatic nitrogens is 1. The molecule has 4 aliphatic heterocycles. The lowest BCUT2D eigenvalue weighted by molar-refractivity contribution is 0.0180. The van der Waals surface area contributed by atoms with Gasteiger partial charge >= 0.3 is 0 Å². The van der Waals surface area contributed by atoms with Crippen LogP contribution in [0.3, 0.4) is 0 Å². The Kier molecular flexibility index (Phi) is 4.33. The van der Waals surface area contributed by atoms with E-state index in [4.69, 9.17) is 0 Å². The van der Waals surface area contributed by atoms with E-state index in [0.29, 0.717) is 17.3 Å². The molecule has 6 nitrogen and oxygen atoms in total. The average Bonchev–Trinajstić information content (AvgIpc) is 2.99. The molecule has 146 valence electrons. The van der Waals surface area contributed by atoms with Crippen molar-refractivity contribution in [1.82, 2.24) is 20.1 Å². The third-order valence-corrected chi connectivity index (χ3v) is 6.71. The number of anilines is 1. The highest BCUT2D eigenvalue weighted by atomic mass is 16.1. The second-order valence-electron chi connectivity index (χ2n) is 8.38. The Bertz CT molecular complexity index is 854. The van der Waals surface area contributed by atoms with Gasteiger partial charge in [0.15, 0.2) is 0 Å². The highest BCUT2D eigenvalue weighted by Gasteiger charge is 2.55. The SMILES string of the molecule is CNc1cc(C(=O)N[C@H]2C3CN4CCN(C3)CC2(c2ccccc2)C4)ccn1. The van der Waals surface area contributed by atoms with Gasteiger partial charge in [0.05, 0.1) is 0 Å². The Morgan fingerprint density at radius 1 is 1.11 bits per heavy atom. The number of pyridine rings is 1. The van der Waals surface area contributed by atoms with Crippen molar-refractivity contribution in [2.45, 2.75) is 11.5 Å². The standard InChI is InChI=1S/C22H27N5O/c1-23-19-11-16(7-8-24-19)21(28)25-20-17-12-26-9-10-27(13-17)15-22(20,14-26)18-5-3-2-4-6-18/h2-8,11,17,20H,9-10,12-15H2,1H3,(H,23,24)(H,25,28)/t17?,20-,22?/m0/s1. The van der Waals surface area contributed by atoms with Crippen LogP contribution in [-0.2, 0) is 5.41 Å². The molecule has 6 rings (SSSR count). The summed E-state index contributed by atoms with van der Waals surface area (Å²) in [6, 6.07) is 14.5. The summed E-state index contributed by atoms with van der Waals surface area (Å²) < 4.78 is 0. The van der Waals surface area contributed by atoms with Crippen molar-refractivity contribution >= 4 is 11.7 Å². The molecule has 4 aliphatic rings. The molecule has 2 aromatic rings. The maximum Gasteiger partial charge on any atom is 0.251 e. The molecular weight excluding hydrogens is 350 g/mol. The van der Waals surface area contributed by atoms with Crippen molar-refractivity contribution in [1.29, 1.82) is 0 Å². The first kappa shape index (κ1) is 17.6. The lowest BCUT2D eigenvalue weighted by Gasteiger charge is -2.55. The van der Waals surface area contributed by atoms with Gasteiger partial charge < -0.3 is 20.4 Å². The van der Waals surface area contributed by atoms with E-state index in [1.54, 1.807) is 12.3 Å². The van der Waals surface area contributed by atoms with Gasteiger partial charge in [-0.3, -0.25) is 4.79 Å². The molecule has 0 saturated carbocycles. The predicted molar refractivity (Wildman–Crippen MR) is 110 cm³/mol. The van der Waals surface area contributed by atoms with Crippen molar-refractivity contribution < 1.29 is 4.79 Å². The molecule has 6 heteroatoms. The highest BCUT2D eigenvalue weighted by molar-refractivity contribution is 5.95. The van der Waals surface area contributed by atoms with E-state index in [-0.39, 0.29) is 17.4 Å². The van der Waals surface area contributed by atoms with Crippen LogP contribution < -0.4 is 10.6 Å². The minimum Gasteiger partial charge on any atom is -0.373 e. The van der Waals surface area contributed by atoms with E-state index in [1.807, 2.05) is 13.1 Å². The van der Waals surface area contributed by atoms with Gasteiger partial charge in [-0.15, -0.1) is 0 Å². The van der Waals surface area contributed by atoms with Crippen molar-refractivity contribution in [3.05, 3.63) is 59.8 Å². The second kappa shape index (κ2) is 6.87. The second-order valence-corrected chi connectivity index (χ2v) is 8.38. The molecule has 4 bridgehead atoms. The Hall–Kier alpha value is -2.44. The first-order chi connectivity index (χ1) is 13.7. The molecule has 1 aromatic heterocycles. The van der Waals surface area contributed by atoms with E-state index in [0.717, 1.165) is 39.3 Å². The Balaban J connectivity index is 1.51. The number of piperidine rings is 2. The van der Waals surface area contributed by atoms with Gasteiger partial charge in [0.2, 0.25) is 0 Å². The normalized spacial score (nSPS) is 33.3. The number of carbonyl (C=O) groups excluding carboxylic acids is 1. The molecule has 28 heavy (non-hydrogen) atoms. The monoisotopic (exact) mass is 377 g/mol. The van der Waals surface area contributed by atoms with Gasteiger partial charge in [-0.1, -0.05) is 30.3 Å². The van der Waals surface area contributed by atoms with E-state index in [9.17, 15) is 4.79 Å².